The highest BCUT2D eigenvalue weighted by Gasteiger charge is 2.32. The van der Waals surface area contributed by atoms with Crippen molar-refractivity contribution in [1.82, 2.24) is 0 Å². The number of nitrogens with two attached hydrogens (primary N) is 1. The molecule has 0 atom stereocenters. The SMILES string of the molecule is CN(C(=O)C1CC1)c1cccc(NS(=O)(=O)c2ccc(C(N)=NO)cc2)c1. The number of anilines is 2. The van der Waals surface area contributed by atoms with E-state index in [0.29, 0.717) is 16.9 Å². The van der Waals surface area contributed by atoms with Gasteiger partial charge in [0.2, 0.25) is 5.91 Å². The molecule has 0 saturated heterocycles. The fraction of sp³-hybridized carbons (Fsp3) is 0.222. The summed E-state index contributed by atoms with van der Waals surface area (Å²) >= 11 is 0. The van der Waals surface area contributed by atoms with Crippen LogP contribution in [0.4, 0.5) is 11.4 Å². The van der Waals surface area contributed by atoms with Gasteiger partial charge in [0.15, 0.2) is 5.84 Å². The Bertz CT molecular complexity index is 983. The monoisotopic (exact) mass is 388 g/mol. The highest BCUT2D eigenvalue weighted by molar-refractivity contribution is 7.92. The predicted octanol–water partition coefficient (Wildman–Crippen LogP) is 1.95. The summed E-state index contributed by atoms with van der Waals surface area (Å²) in [6.07, 6.45) is 1.80. The van der Waals surface area contributed by atoms with Crippen molar-refractivity contribution in [1.29, 1.82) is 0 Å². The van der Waals surface area contributed by atoms with Crippen molar-refractivity contribution in [3.05, 3.63) is 54.1 Å². The molecule has 3 rings (SSSR count). The van der Waals surface area contributed by atoms with E-state index in [1.807, 2.05) is 0 Å². The molecule has 1 fully saturated rings. The van der Waals surface area contributed by atoms with Crippen LogP contribution in [-0.2, 0) is 14.8 Å². The molecule has 1 aliphatic carbocycles. The van der Waals surface area contributed by atoms with Gasteiger partial charge in [-0.05, 0) is 55.3 Å². The number of hydrogen-bond acceptors (Lipinski definition) is 5. The molecule has 4 N–H and O–H groups in total. The van der Waals surface area contributed by atoms with E-state index in [1.54, 1.807) is 36.2 Å². The van der Waals surface area contributed by atoms with Gasteiger partial charge in [-0.3, -0.25) is 9.52 Å². The molecule has 1 aliphatic rings. The molecule has 142 valence electrons. The third-order valence-electron chi connectivity index (χ3n) is 4.31. The molecule has 0 unspecified atom stereocenters. The molecule has 2 aromatic rings. The first-order valence-corrected chi connectivity index (χ1v) is 9.78. The molecule has 9 heteroatoms. The van der Waals surface area contributed by atoms with Gasteiger partial charge in [0.05, 0.1) is 10.6 Å². The van der Waals surface area contributed by atoms with Crippen LogP contribution in [-0.4, -0.2) is 32.4 Å². The maximum atomic E-state index is 12.6. The molecule has 0 heterocycles. The Morgan fingerprint density at radius 3 is 2.48 bits per heavy atom. The van der Waals surface area contributed by atoms with Gasteiger partial charge < -0.3 is 15.8 Å². The van der Waals surface area contributed by atoms with Gasteiger partial charge in [0.25, 0.3) is 10.0 Å². The number of nitrogens with one attached hydrogen (secondary N) is 1. The van der Waals surface area contributed by atoms with Crippen molar-refractivity contribution in [2.75, 3.05) is 16.7 Å². The summed E-state index contributed by atoms with van der Waals surface area (Å²) in [6.45, 7) is 0. The molecular weight excluding hydrogens is 368 g/mol. The highest BCUT2D eigenvalue weighted by atomic mass is 32.2. The summed E-state index contributed by atoms with van der Waals surface area (Å²) in [5.41, 5.74) is 6.85. The molecular formula is C18H20N4O4S. The fourth-order valence-corrected chi connectivity index (χ4v) is 3.64. The highest BCUT2D eigenvalue weighted by Crippen LogP contribution is 2.32. The second-order valence-electron chi connectivity index (χ2n) is 6.34. The minimum absolute atomic E-state index is 0.0322. The summed E-state index contributed by atoms with van der Waals surface area (Å²) < 4.78 is 27.7. The number of amides is 1. The van der Waals surface area contributed by atoms with Crippen LogP contribution in [0.15, 0.2) is 58.6 Å². The largest absolute Gasteiger partial charge is 0.409 e. The topological polar surface area (TPSA) is 125 Å². The van der Waals surface area contributed by atoms with E-state index in [1.165, 1.54) is 24.3 Å². The van der Waals surface area contributed by atoms with E-state index >= 15 is 0 Å². The van der Waals surface area contributed by atoms with Crippen LogP contribution >= 0.6 is 0 Å². The summed E-state index contributed by atoms with van der Waals surface area (Å²) in [5.74, 6) is 0.000432. The Hall–Kier alpha value is -3.07. The first-order valence-electron chi connectivity index (χ1n) is 8.30. The molecule has 1 saturated carbocycles. The zero-order valence-corrected chi connectivity index (χ0v) is 15.5. The molecule has 8 nitrogen and oxygen atoms in total. The van der Waals surface area contributed by atoms with Gasteiger partial charge in [0, 0.05) is 24.2 Å². The number of carbonyl (C=O) groups excluding carboxylic acids is 1. The van der Waals surface area contributed by atoms with E-state index in [0.717, 1.165) is 12.8 Å². The summed E-state index contributed by atoms with van der Waals surface area (Å²) in [5, 5.41) is 11.5. The maximum Gasteiger partial charge on any atom is 0.261 e. The number of nitrogens with zero attached hydrogens (tertiary/aromatic N) is 2. The third kappa shape index (κ3) is 4.20. The second kappa shape index (κ2) is 7.28. The molecule has 27 heavy (non-hydrogen) atoms. The molecule has 0 aliphatic heterocycles. The fourth-order valence-electron chi connectivity index (χ4n) is 2.59. The zero-order chi connectivity index (χ0) is 19.6. The molecule has 0 bridgehead atoms. The lowest BCUT2D eigenvalue weighted by Gasteiger charge is -2.18. The Kier molecular flexibility index (Phi) is 5.04. The number of amidine groups is 1. The Morgan fingerprint density at radius 1 is 1.22 bits per heavy atom. The second-order valence-corrected chi connectivity index (χ2v) is 8.02. The summed E-state index contributed by atoms with van der Waals surface area (Å²) in [4.78, 5) is 13.8. The van der Waals surface area contributed by atoms with Gasteiger partial charge in [0.1, 0.15) is 0 Å². The van der Waals surface area contributed by atoms with Gasteiger partial charge in [-0.25, -0.2) is 8.42 Å². The van der Waals surface area contributed by atoms with Gasteiger partial charge in [-0.15, -0.1) is 0 Å². The molecule has 1 amide bonds. The normalized spacial score (nSPS) is 14.6. The van der Waals surface area contributed by atoms with Crippen molar-refractivity contribution in [2.45, 2.75) is 17.7 Å². The molecule has 0 radical (unpaired) electrons. The average molecular weight is 388 g/mol. The van der Waals surface area contributed by atoms with Crippen molar-refractivity contribution in [2.24, 2.45) is 16.8 Å². The van der Waals surface area contributed by atoms with Crippen LogP contribution in [0.2, 0.25) is 0 Å². The third-order valence-corrected chi connectivity index (χ3v) is 5.71. The average Bonchev–Trinajstić information content (AvgIpc) is 3.51. The van der Waals surface area contributed by atoms with Crippen LogP contribution in [0.1, 0.15) is 18.4 Å². The first kappa shape index (κ1) is 18.7. The van der Waals surface area contributed by atoms with Gasteiger partial charge in [-0.2, -0.15) is 0 Å². The number of sulfonamides is 1. The zero-order valence-electron chi connectivity index (χ0n) is 14.7. The summed E-state index contributed by atoms with van der Waals surface area (Å²) in [7, 11) is -2.15. The lowest BCUT2D eigenvalue weighted by Crippen LogP contribution is -2.27. The van der Waals surface area contributed by atoms with E-state index < -0.39 is 10.0 Å². The minimum Gasteiger partial charge on any atom is -0.409 e. The summed E-state index contributed by atoms with van der Waals surface area (Å²) in [6, 6.07) is 12.3. The van der Waals surface area contributed by atoms with E-state index in [4.69, 9.17) is 10.9 Å². The van der Waals surface area contributed by atoms with Crippen molar-refractivity contribution >= 4 is 33.1 Å². The molecule has 2 aromatic carbocycles. The number of carbonyl (C=O) groups is 1. The van der Waals surface area contributed by atoms with E-state index in [9.17, 15) is 13.2 Å². The smallest absolute Gasteiger partial charge is 0.261 e. The van der Waals surface area contributed by atoms with E-state index in [-0.39, 0.29) is 22.6 Å². The molecule has 0 aromatic heterocycles. The van der Waals surface area contributed by atoms with Gasteiger partial charge >= 0.3 is 0 Å². The first-order chi connectivity index (χ1) is 12.8. The van der Waals surface area contributed by atoms with Crippen LogP contribution in [0, 0.1) is 5.92 Å². The lowest BCUT2D eigenvalue weighted by atomic mass is 10.2. The van der Waals surface area contributed by atoms with Crippen LogP contribution in [0.5, 0.6) is 0 Å². The quantitative estimate of drug-likeness (QED) is 0.302. The maximum absolute atomic E-state index is 12.6. The lowest BCUT2D eigenvalue weighted by molar-refractivity contribution is -0.119. The number of hydrogen-bond donors (Lipinski definition) is 3. The minimum atomic E-state index is -3.83. The van der Waals surface area contributed by atoms with E-state index in [2.05, 4.69) is 9.88 Å². The Balaban J connectivity index is 1.79. The number of oxime groups is 1. The Morgan fingerprint density at radius 2 is 1.89 bits per heavy atom. The van der Waals surface area contributed by atoms with Crippen LogP contribution < -0.4 is 15.4 Å². The molecule has 0 spiro atoms. The number of rotatable bonds is 6. The number of benzene rings is 2. The van der Waals surface area contributed by atoms with Crippen LogP contribution in [0.3, 0.4) is 0 Å². The predicted molar refractivity (Wildman–Crippen MR) is 102 cm³/mol. The van der Waals surface area contributed by atoms with Gasteiger partial charge in [-0.1, -0.05) is 11.2 Å². The Labute approximate surface area is 157 Å². The van der Waals surface area contributed by atoms with Crippen molar-refractivity contribution < 1.29 is 18.4 Å². The van der Waals surface area contributed by atoms with Crippen molar-refractivity contribution in [3.8, 4) is 0 Å². The van der Waals surface area contributed by atoms with Crippen LogP contribution in [0.25, 0.3) is 0 Å². The van der Waals surface area contributed by atoms with Crippen molar-refractivity contribution in [3.63, 3.8) is 0 Å². The standard InChI is InChI=1S/C18H20N4O4S/c1-22(18(23)13-5-6-13)15-4-2-3-14(11-15)21-27(25,26)16-9-7-12(8-10-16)17(19)20-24/h2-4,7-11,13,21,24H,5-6H2,1H3,(H2,19,20).